The van der Waals surface area contributed by atoms with Gasteiger partial charge in [-0.2, -0.15) is 4.52 Å². The molecule has 0 aliphatic carbocycles. The molecule has 0 spiro atoms. The minimum Gasteiger partial charge on any atom is -0.431 e. The van der Waals surface area contributed by atoms with Gasteiger partial charge >= 0.3 is 22.9 Å². The molecule has 12 nitrogen and oxygen atoms in total. The average molecular weight is 694 g/mol. The van der Waals surface area contributed by atoms with Crippen molar-refractivity contribution in [2.45, 2.75) is 0 Å². The Labute approximate surface area is 267 Å². The Balaban J connectivity index is 1.68. The van der Waals surface area contributed by atoms with Crippen molar-refractivity contribution in [1.29, 1.82) is 0 Å². The highest BCUT2D eigenvalue weighted by Crippen LogP contribution is 2.74. The van der Waals surface area contributed by atoms with E-state index in [1.165, 1.54) is 0 Å². The first-order valence-corrected chi connectivity index (χ1v) is 20.4. The highest BCUT2D eigenvalue weighted by atomic mass is 31.3. The average Bonchev–Trinajstić information content (AvgIpc) is 3.02. The van der Waals surface area contributed by atoms with Gasteiger partial charge in [0.1, 0.15) is 28.7 Å². The van der Waals surface area contributed by atoms with Gasteiger partial charge in [-0.3, -0.25) is 11.0 Å². The van der Waals surface area contributed by atoms with Gasteiger partial charge in [-0.15, -0.1) is 9.03 Å². The molecule has 5 aromatic rings. The van der Waals surface area contributed by atoms with E-state index in [4.69, 9.17) is 52.7 Å². The van der Waals surface area contributed by atoms with E-state index < -0.39 is 30.4 Å². The summed E-state index contributed by atoms with van der Waals surface area (Å²) in [5.41, 5.74) is 20.2. The molecule has 6 N–H and O–H groups in total. The molecular weight excluding hydrogens is 662 g/mol. The lowest BCUT2D eigenvalue weighted by molar-refractivity contribution is 0.461. The van der Waals surface area contributed by atoms with Crippen LogP contribution >= 0.6 is 30.4 Å². The van der Waals surface area contributed by atoms with Crippen LogP contribution in [0.2, 0.25) is 0 Å². The molecule has 1 heterocycles. The number of benzene rings is 5. The third-order valence-corrected chi connectivity index (χ3v) is 16.1. The third-order valence-electron chi connectivity index (χ3n) is 5.85. The predicted molar refractivity (Wildman–Crippen MR) is 185 cm³/mol. The van der Waals surface area contributed by atoms with Gasteiger partial charge in [-0.05, 0) is 60.7 Å². The predicted octanol–water partition coefficient (Wildman–Crippen LogP) is 10.1. The summed E-state index contributed by atoms with van der Waals surface area (Å²) < 4.78 is 52.0. The lowest BCUT2D eigenvalue weighted by atomic mass is 10.3. The molecule has 236 valence electrons. The van der Waals surface area contributed by atoms with Gasteiger partial charge in [-0.25, -0.2) is 5.50 Å². The van der Waals surface area contributed by atoms with Crippen molar-refractivity contribution in [2.24, 2.45) is 34.6 Å². The highest BCUT2D eigenvalue weighted by Gasteiger charge is 2.43. The summed E-state index contributed by atoms with van der Waals surface area (Å²) in [5, 5.41) is 0. The van der Waals surface area contributed by atoms with Gasteiger partial charge in [0.25, 0.3) is 0 Å². The van der Waals surface area contributed by atoms with Crippen LogP contribution in [0.3, 0.4) is 0 Å². The topological polar surface area (TPSA) is 174 Å². The Bertz CT molecular complexity index is 1910. The second kappa shape index (κ2) is 13.7. The van der Waals surface area contributed by atoms with Crippen molar-refractivity contribution < 1.29 is 22.6 Å². The summed E-state index contributed by atoms with van der Waals surface area (Å²) in [5.74, 6) is 1.90. The van der Waals surface area contributed by atoms with Crippen LogP contribution in [-0.2, 0) is 0 Å². The number of nitrogens with two attached hydrogens (primary N) is 3. The minimum atomic E-state index is -4.05. The number of para-hydroxylation sites is 5. The van der Waals surface area contributed by atoms with Crippen molar-refractivity contribution in [3.8, 4) is 28.7 Å². The molecule has 0 saturated carbocycles. The SMILES string of the molecule is NP1(N)=NP(N)(Oc2ccccc2)=NP(Oc2ccccc2)(Oc2ccccc2)=NP(Oc2ccccc2)(Oc2ccccc2)=N1. The number of rotatable bonds is 10. The van der Waals surface area contributed by atoms with E-state index in [-0.39, 0.29) is 0 Å². The van der Waals surface area contributed by atoms with Crippen LogP contribution in [0, 0.1) is 0 Å². The van der Waals surface area contributed by atoms with E-state index >= 15 is 0 Å². The Morgan fingerprint density at radius 2 is 0.609 bits per heavy atom. The minimum absolute atomic E-state index is 0.380. The monoisotopic (exact) mass is 693 g/mol. The van der Waals surface area contributed by atoms with Gasteiger partial charge in [0.15, 0.2) is 0 Å². The van der Waals surface area contributed by atoms with Gasteiger partial charge in [-0.1, -0.05) is 95.5 Å². The summed E-state index contributed by atoms with van der Waals surface area (Å²) in [4.78, 5) is 0. The molecular formula is C30H31N7O5P4. The maximum absolute atomic E-state index is 6.91. The smallest absolute Gasteiger partial charge is 0.431 e. The molecule has 0 saturated heterocycles. The van der Waals surface area contributed by atoms with E-state index in [9.17, 15) is 0 Å². The van der Waals surface area contributed by atoms with Gasteiger partial charge in [0.05, 0.1) is 0 Å². The summed E-state index contributed by atoms with van der Waals surface area (Å²) >= 11 is 0. The summed E-state index contributed by atoms with van der Waals surface area (Å²) in [6, 6.07) is 44.5. The number of hydrogen-bond donors (Lipinski definition) is 3. The molecule has 1 atom stereocenters. The van der Waals surface area contributed by atoms with E-state index in [0.29, 0.717) is 28.7 Å². The van der Waals surface area contributed by atoms with Crippen molar-refractivity contribution in [3.05, 3.63) is 152 Å². The molecule has 1 aliphatic heterocycles. The van der Waals surface area contributed by atoms with Crippen LogP contribution in [0.25, 0.3) is 0 Å². The molecule has 16 heteroatoms. The number of nitrogens with zero attached hydrogens (tertiary/aromatic N) is 4. The fraction of sp³-hybridized carbons (Fsp3) is 0. The van der Waals surface area contributed by atoms with E-state index in [1.807, 2.05) is 30.3 Å². The molecule has 1 aliphatic rings. The molecule has 0 bridgehead atoms. The maximum atomic E-state index is 6.91. The zero-order valence-corrected chi connectivity index (χ0v) is 27.9. The summed E-state index contributed by atoms with van der Waals surface area (Å²) in [6.07, 6.45) is 0. The first-order valence-electron chi connectivity index (χ1n) is 13.9. The first-order chi connectivity index (χ1) is 22.2. The second-order valence-electron chi connectivity index (χ2n) is 9.65. The third kappa shape index (κ3) is 8.38. The van der Waals surface area contributed by atoms with Crippen molar-refractivity contribution in [1.82, 2.24) is 0 Å². The molecule has 0 fully saturated rings. The Morgan fingerprint density at radius 1 is 0.326 bits per heavy atom. The lowest BCUT2D eigenvalue weighted by Gasteiger charge is -2.31. The zero-order chi connectivity index (χ0) is 31.9. The molecule has 5 aromatic carbocycles. The highest BCUT2D eigenvalue weighted by molar-refractivity contribution is 7.80. The fourth-order valence-corrected chi connectivity index (χ4v) is 15.0. The van der Waals surface area contributed by atoms with Gasteiger partial charge in [0, 0.05) is 0 Å². The molecule has 46 heavy (non-hydrogen) atoms. The van der Waals surface area contributed by atoms with Crippen molar-refractivity contribution >= 4 is 30.4 Å². The van der Waals surface area contributed by atoms with Crippen LogP contribution in [-0.4, -0.2) is 0 Å². The quantitative estimate of drug-likeness (QED) is 0.121. The standard InChI is InChI=1S/C30H31N7O5P4/c31-43(32)34-44(33,38-26-16-6-1-7-17-26)36-46(41-29-22-12-4-13-23-29,42-30-24-14-5-15-25-30)37-45(35-43,39-27-18-8-2-9-19-27)40-28-20-10-3-11-21-28/h1-25H,31-33H2. The van der Waals surface area contributed by atoms with Crippen LogP contribution in [0.4, 0.5) is 0 Å². The maximum Gasteiger partial charge on any atom is 0.459 e. The first kappa shape index (κ1) is 31.9. The molecule has 0 amide bonds. The van der Waals surface area contributed by atoms with Crippen molar-refractivity contribution in [3.63, 3.8) is 0 Å². The van der Waals surface area contributed by atoms with Crippen LogP contribution in [0.15, 0.2) is 170 Å². The van der Waals surface area contributed by atoms with E-state index in [1.54, 1.807) is 121 Å². The van der Waals surface area contributed by atoms with E-state index in [0.717, 1.165) is 0 Å². The van der Waals surface area contributed by atoms with Crippen LogP contribution in [0.1, 0.15) is 0 Å². The normalized spacial score (nSPS) is 19.2. The molecule has 1 unspecified atom stereocenters. The van der Waals surface area contributed by atoms with Crippen molar-refractivity contribution in [2.75, 3.05) is 0 Å². The Morgan fingerprint density at radius 3 is 0.935 bits per heavy atom. The van der Waals surface area contributed by atoms with Gasteiger partial charge < -0.3 is 22.6 Å². The Hall–Kier alpha value is -4.10. The fourth-order valence-electron chi connectivity index (χ4n) is 4.09. The molecule has 6 rings (SSSR count). The molecule has 0 radical (unpaired) electrons. The molecule has 0 aromatic heterocycles. The van der Waals surface area contributed by atoms with Gasteiger partial charge in [0.2, 0.25) is 7.51 Å². The summed E-state index contributed by atoms with van der Waals surface area (Å²) in [7, 11) is -15.6. The largest absolute Gasteiger partial charge is 0.459 e. The van der Waals surface area contributed by atoms with Crippen LogP contribution in [0.5, 0.6) is 28.7 Å². The lowest BCUT2D eigenvalue weighted by Crippen LogP contribution is -2.12. The second-order valence-corrected chi connectivity index (χ2v) is 18.0. The van der Waals surface area contributed by atoms with Crippen LogP contribution < -0.4 is 39.1 Å². The Kier molecular flexibility index (Phi) is 9.50. The zero-order valence-electron chi connectivity index (χ0n) is 24.3. The van der Waals surface area contributed by atoms with E-state index in [2.05, 4.69) is 4.52 Å². The number of hydrogen-bond acceptors (Lipinski definition) is 12. The summed E-state index contributed by atoms with van der Waals surface area (Å²) in [6.45, 7) is 0.